The fraction of sp³-hybridized carbons (Fsp3) is 0.312. The maximum absolute atomic E-state index is 11.8. The second kappa shape index (κ2) is 5.50. The summed E-state index contributed by atoms with van der Waals surface area (Å²) in [4.78, 5) is 11.8. The van der Waals surface area contributed by atoms with Crippen molar-refractivity contribution in [1.29, 1.82) is 0 Å². The molecule has 110 valence electrons. The van der Waals surface area contributed by atoms with Crippen molar-refractivity contribution < 1.29 is 4.42 Å². The Morgan fingerprint density at radius 2 is 2.19 bits per heavy atom. The van der Waals surface area contributed by atoms with Gasteiger partial charge in [0.05, 0.1) is 11.6 Å². The number of rotatable bonds is 4. The molecular weight excluding hydrogens is 284 g/mol. The molecule has 0 aliphatic rings. The molecule has 1 aromatic carbocycles. The Hall–Kier alpha value is -1.85. The lowest BCUT2D eigenvalue weighted by Crippen LogP contribution is -2.17. The van der Waals surface area contributed by atoms with Gasteiger partial charge in [0.2, 0.25) is 0 Å². The van der Waals surface area contributed by atoms with Crippen LogP contribution in [0.25, 0.3) is 11.1 Å². The summed E-state index contributed by atoms with van der Waals surface area (Å²) in [5, 5.41) is 7.65. The number of hydrogen-bond acceptors (Lipinski definition) is 4. The molecule has 0 saturated heterocycles. The highest BCUT2D eigenvalue weighted by Crippen LogP contribution is 2.29. The predicted molar refractivity (Wildman–Crippen MR) is 86.1 cm³/mol. The SMILES string of the molecule is CCn1c(=O)oc2cc(C(NC)c3cscc3C)ccc21. The third-order valence-electron chi connectivity index (χ3n) is 3.84. The van der Waals surface area contributed by atoms with E-state index in [9.17, 15) is 4.79 Å². The Labute approximate surface area is 127 Å². The highest BCUT2D eigenvalue weighted by molar-refractivity contribution is 7.08. The molecule has 0 amide bonds. The first kappa shape index (κ1) is 14.1. The fourth-order valence-electron chi connectivity index (χ4n) is 2.73. The Bertz CT molecular complexity index is 828. The van der Waals surface area contributed by atoms with E-state index in [4.69, 9.17) is 4.42 Å². The number of nitrogens with one attached hydrogen (secondary N) is 1. The van der Waals surface area contributed by atoms with E-state index in [0.717, 1.165) is 11.1 Å². The molecular formula is C16H18N2O2S. The van der Waals surface area contributed by atoms with Crippen molar-refractivity contribution in [3.8, 4) is 0 Å². The van der Waals surface area contributed by atoms with Crippen molar-refractivity contribution in [2.24, 2.45) is 0 Å². The van der Waals surface area contributed by atoms with Gasteiger partial charge in [0.15, 0.2) is 5.58 Å². The van der Waals surface area contributed by atoms with Crippen LogP contribution in [0.15, 0.2) is 38.2 Å². The fourth-order valence-corrected chi connectivity index (χ4v) is 3.61. The minimum absolute atomic E-state index is 0.107. The zero-order chi connectivity index (χ0) is 15.0. The van der Waals surface area contributed by atoms with Crippen molar-refractivity contribution in [2.75, 3.05) is 7.05 Å². The van der Waals surface area contributed by atoms with Gasteiger partial charge in [0, 0.05) is 6.54 Å². The topological polar surface area (TPSA) is 47.2 Å². The summed E-state index contributed by atoms with van der Waals surface area (Å²) in [6, 6.07) is 6.09. The van der Waals surface area contributed by atoms with Gasteiger partial charge >= 0.3 is 5.76 Å². The van der Waals surface area contributed by atoms with Crippen molar-refractivity contribution in [2.45, 2.75) is 26.4 Å². The van der Waals surface area contributed by atoms with Gasteiger partial charge in [-0.25, -0.2) is 4.79 Å². The lowest BCUT2D eigenvalue weighted by atomic mass is 9.98. The van der Waals surface area contributed by atoms with Gasteiger partial charge in [-0.2, -0.15) is 11.3 Å². The number of nitrogens with zero attached hydrogens (tertiary/aromatic N) is 1. The zero-order valence-electron chi connectivity index (χ0n) is 12.3. The number of benzene rings is 1. The van der Waals surface area contributed by atoms with Crippen LogP contribution in [0, 0.1) is 6.92 Å². The minimum atomic E-state index is -0.294. The summed E-state index contributed by atoms with van der Waals surface area (Å²) in [6.45, 7) is 4.67. The number of aryl methyl sites for hydroxylation is 2. The summed E-state index contributed by atoms with van der Waals surface area (Å²) in [5.74, 6) is -0.294. The summed E-state index contributed by atoms with van der Waals surface area (Å²) >= 11 is 1.70. The van der Waals surface area contributed by atoms with Crippen LogP contribution in [-0.4, -0.2) is 11.6 Å². The number of oxazole rings is 1. The van der Waals surface area contributed by atoms with Crippen LogP contribution in [0.3, 0.4) is 0 Å². The highest BCUT2D eigenvalue weighted by Gasteiger charge is 2.17. The Kier molecular flexibility index (Phi) is 3.69. The summed E-state index contributed by atoms with van der Waals surface area (Å²) < 4.78 is 7.00. The van der Waals surface area contributed by atoms with Crippen molar-refractivity contribution in [1.82, 2.24) is 9.88 Å². The van der Waals surface area contributed by atoms with Crippen LogP contribution in [0.2, 0.25) is 0 Å². The second-order valence-electron chi connectivity index (χ2n) is 5.07. The number of aromatic nitrogens is 1. The molecule has 2 heterocycles. The van der Waals surface area contributed by atoms with Gasteiger partial charge in [-0.05, 0) is 60.5 Å². The van der Waals surface area contributed by atoms with Gasteiger partial charge in [0.1, 0.15) is 0 Å². The van der Waals surface area contributed by atoms with E-state index in [1.165, 1.54) is 11.1 Å². The molecule has 0 spiro atoms. The van der Waals surface area contributed by atoms with Crippen molar-refractivity contribution in [3.05, 3.63) is 56.2 Å². The van der Waals surface area contributed by atoms with Crippen LogP contribution >= 0.6 is 11.3 Å². The zero-order valence-corrected chi connectivity index (χ0v) is 13.2. The van der Waals surface area contributed by atoms with Gasteiger partial charge in [-0.15, -0.1) is 0 Å². The van der Waals surface area contributed by atoms with Gasteiger partial charge < -0.3 is 9.73 Å². The van der Waals surface area contributed by atoms with Crippen molar-refractivity contribution >= 4 is 22.4 Å². The average Bonchev–Trinajstić information content (AvgIpc) is 3.02. The van der Waals surface area contributed by atoms with Crippen LogP contribution in [0.4, 0.5) is 0 Å². The third kappa shape index (κ3) is 2.32. The summed E-state index contributed by atoms with van der Waals surface area (Å²) in [6.07, 6.45) is 0. The quantitative estimate of drug-likeness (QED) is 0.804. The lowest BCUT2D eigenvalue weighted by molar-refractivity contribution is 0.512. The third-order valence-corrected chi connectivity index (χ3v) is 4.72. The molecule has 2 aromatic heterocycles. The average molecular weight is 302 g/mol. The molecule has 21 heavy (non-hydrogen) atoms. The molecule has 0 aliphatic carbocycles. The van der Waals surface area contributed by atoms with E-state index in [2.05, 4.69) is 29.1 Å². The van der Waals surface area contributed by atoms with E-state index in [-0.39, 0.29) is 11.8 Å². The molecule has 1 N–H and O–H groups in total. The first-order valence-electron chi connectivity index (χ1n) is 6.99. The summed E-state index contributed by atoms with van der Waals surface area (Å²) in [5.41, 5.74) is 5.13. The summed E-state index contributed by atoms with van der Waals surface area (Å²) in [7, 11) is 1.94. The van der Waals surface area contributed by atoms with Gasteiger partial charge in [0.25, 0.3) is 0 Å². The van der Waals surface area contributed by atoms with E-state index < -0.39 is 0 Å². The van der Waals surface area contributed by atoms with E-state index >= 15 is 0 Å². The highest BCUT2D eigenvalue weighted by atomic mass is 32.1. The van der Waals surface area contributed by atoms with Crippen molar-refractivity contribution in [3.63, 3.8) is 0 Å². The maximum Gasteiger partial charge on any atom is 0.419 e. The molecule has 3 rings (SSSR count). The van der Waals surface area contributed by atoms with E-state index in [0.29, 0.717) is 12.1 Å². The Balaban J connectivity index is 2.12. The molecule has 1 atom stereocenters. The van der Waals surface area contributed by atoms with Crippen LogP contribution in [-0.2, 0) is 6.54 Å². The molecule has 0 fully saturated rings. The van der Waals surface area contributed by atoms with E-state index in [1.54, 1.807) is 15.9 Å². The van der Waals surface area contributed by atoms with Crippen LogP contribution in [0.5, 0.6) is 0 Å². The second-order valence-corrected chi connectivity index (χ2v) is 5.81. The lowest BCUT2D eigenvalue weighted by Gasteiger charge is -2.17. The molecule has 0 bridgehead atoms. The molecule has 4 nitrogen and oxygen atoms in total. The van der Waals surface area contributed by atoms with Crippen LogP contribution in [0.1, 0.15) is 29.7 Å². The first-order chi connectivity index (χ1) is 10.2. The number of hydrogen-bond donors (Lipinski definition) is 1. The number of thiophene rings is 1. The number of fused-ring (bicyclic) bond motifs is 1. The molecule has 0 saturated carbocycles. The first-order valence-corrected chi connectivity index (χ1v) is 7.93. The normalized spacial score (nSPS) is 12.9. The molecule has 0 radical (unpaired) electrons. The van der Waals surface area contributed by atoms with Gasteiger partial charge in [-0.3, -0.25) is 4.57 Å². The molecule has 1 unspecified atom stereocenters. The predicted octanol–water partition coefficient (Wildman–Crippen LogP) is 3.29. The van der Waals surface area contributed by atoms with Gasteiger partial charge in [-0.1, -0.05) is 6.07 Å². The molecule has 5 heteroatoms. The largest absolute Gasteiger partial charge is 0.419 e. The maximum atomic E-state index is 11.8. The monoisotopic (exact) mass is 302 g/mol. The standard InChI is InChI=1S/C16H18N2O2S/c1-4-18-13-6-5-11(7-14(13)20-16(18)19)15(17-3)12-9-21-8-10(12)2/h5-9,15,17H,4H2,1-3H3. The molecule has 3 aromatic rings. The Morgan fingerprint density at radius 1 is 1.38 bits per heavy atom. The van der Waals surface area contributed by atoms with E-state index in [1.807, 2.05) is 26.1 Å². The Morgan fingerprint density at radius 3 is 2.81 bits per heavy atom. The minimum Gasteiger partial charge on any atom is -0.408 e. The van der Waals surface area contributed by atoms with Crippen LogP contribution < -0.4 is 11.1 Å². The molecule has 0 aliphatic heterocycles. The smallest absolute Gasteiger partial charge is 0.408 e.